The third-order valence-electron chi connectivity index (χ3n) is 6.70. The molecule has 1 saturated carbocycles. The molecule has 0 heterocycles. The molecule has 7 nitrogen and oxygen atoms in total. The first-order chi connectivity index (χ1) is 17.2. The monoisotopic (exact) mass is 577 g/mol. The Bertz CT molecular complexity index is 1100. The molecule has 0 unspecified atom stereocenters. The van der Waals surface area contributed by atoms with Crippen LogP contribution < -0.4 is 5.32 Å². The highest BCUT2D eigenvalue weighted by Crippen LogP contribution is 2.20. The lowest BCUT2D eigenvalue weighted by Crippen LogP contribution is -2.50. The van der Waals surface area contributed by atoms with E-state index in [4.69, 9.17) is 0 Å². The smallest absolute Gasteiger partial charge is 0.242 e. The van der Waals surface area contributed by atoms with E-state index in [2.05, 4.69) is 21.2 Å². The fraction of sp³-hybridized carbons (Fsp3) is 0.481. The highest BCUT2D eigenvalue weighted by Gasteiger charge is 2.28. The zero-order valence-electron chi connectivity index (χ0n) is 21.0. The molecule has 9 heteroatoms. The van der Waals surface area contributed by atoms with Crippen molar-refractivity contribution in [1.82, 2.24) is 14.5 Å². The summed E-state index contributed by atoms with van der Waals surface area (Å²) >= 11 is 3.43. The molecule has 1 aliphatic carbocycles. The van der Waals surface area contributed by atoms with Crippen LogP contribution in [-0.4, -0.2) is 55.1 Å². The van der Waals surface area contributed by atoms with Gasteiger partial charge in [-0.3, -0.25) is 9.59 Å². The van der Waals surface area contributed by atoms with Crippen LogP contribution in [-0.2, 0) is 26.2 Å². The van der Waals surface area contributed by atoms with Crippen molar-refractivity contribution in [2.24, 2.45) is 0 Å². The maximum atomic E-state index is 13.3. The van der Waals surface area contributed by atoms with Gasteiger partial charge in [0.25, 0.3) is 0 Å². The lowest BCUT2D eigenvalue weighted by molar-refractivity contribution is -0.141. The molecule has 2 amide bonds. The number of hydrogen-bond acceptors (Lipinski definition) is 4. The van der Waals surface area contributed by atoms with Crippen LogP contribution in [0.4, 0.5) is 0 Å². The second-order valence-corrected chi connectivity index (χ2v) is 12.4. The van der Waals surface area contributed by atoms with Crippen LogP contribution in [0.3, 0.4) is 0 Å². The van der Waals surface area contributed by atoms with E-state index in [1.54, 1.807) is 42.2 Å². The molecule has 0 radical (unpaired) electrons. The van der Waals surface area contributed by atoms with Crippen LogP contribution in [0, 0.1) is 0 Å². The first kappa shape index (κ1) is 28.3. The van der Waals surface area contributed by atoms with Gasteiger partial charge in [0, 0.05) is 37.1 Å². The van der Waals surface area contributed by atoms with Gasteiger partial charge >= 0.3 is 0 Å². The average molecular weight is 579 g/mol. The Labute approximate surface area is 223 Å². The summed E-state index contributed by atoms with van der Waals surface area (Å²) < 4.78 is 27.8. The minimum Gasteiger partial charge on any atom is -0.352 e. The number of hydrogen-bond donors (Lipinski definition) is 1. The molecule has 0 saturated heterocycles. The number of carbonyl (C=O) groups excluding carboxylic acids is 2. The molecule has 36 heavy (non-hydrogen) atoms. The van der Waals surface area contributed by atoms with Crippen LogP contribution in [0.15, 0.2) is 64.0 Å². The van der Waals surface area contributed by atoms with E-state index in [1.807, 2.05) is 24.3 Å². The van der Waals surface area contributed by atoms with Gasteiger partial charge in [-0.25, -0.2) is 12.7 Å². The zero-order chi connectivity index (χ0) is 26.1. The van der Waals surface area contributed by atoms with E-state index < -0.39 is 16.1 Å². The fourth-order valence-electron chi connectivity index (χ4n) is 4.43. The van der Waals surface area contributed by atoms with Gasteiger partial charge in [-0.15, -0.1) is 0 Å². The summed E-state index contributed by atoms with van der Waals surface area (Å²) in [4.78, 5) is 28.2. The second-order valence-electron chi connectivity index (χ2n) is 9.41. The van der Waals surface area contributed by atoms with Crippen LogP contribution >= 0.6 is 15.9 Å². The summed E-state index contributed by atoms with van der Waals surface area (Å²) in [6, 6.07) is 15.5. The molecule has 1 atom stereocenters. The van der Waals surface area contributed by atoms with Crippen molar-refractivity contribution in [2.45, 2.75) is 75.4 Å². The lowest BCUT2D eigenvalue weighted by atomic mass is 9.95. The van der Waals surface area contributed by atoms with Crippen molar-refractivity contribution in [3.8, 4) is 0 Å². The normalized spacial score (nSPS) is 15.4. The van der Waals surface area contributed by atoms with E-state index in [9.17, 15) is 18.0 Å². The summed E-state index contributed by atoms with van der Waals surface area (Å²) in [6.45, 7) is 2.28. The minimum absolute atomic E-state index is 0.142. The third kappa shape index (κ3) is 7.88. The molecular formula is C27H36BrN3O4S. The summed E-state index contributed by atoms with van der Waals surface area (Å²) in [5.41, 5.74) is 0.924. The van der Waals surface area contributed by atoms with Crippen LogP contribution in [0.25, 0.3) is 0 Å². The Hall–Kier alpha value is -2.23. The van der Waals surface area contributed by atoms with Crippen molar-refractivity contribution in [3.63, 3.8) is 0 Å². The average Bonchev–Trinajstić information content (AvgIpc) is 2.88. The summed E-state index contributed by atoms with van der Waals surface area (Å²) in [5, 5.41) is 3.13. The first-order valence-corrected chi connectivity index (χ1v) is 14.8. The predicted molar refractivity (Wildman–Crippen MR) is 145 cm³/mol. The Morgan fingerprint density at radius 2 is 1.67 bits per heavy atom. The van der Waals surface area contributed by atoms with Gasteiger partial charge in [-0.2, -0.15) is 0 Å². The molecule has 0 spiro atoms. The Balaban J connectivity index is 1.64. The highest BCUT2D eigenvalue weighted by atomic mass is 79.9. The van der Waals surface area contributed by atoms with Gasteiger partial charge in [0.15, 0.2) is 0 Å². The van der Waals surface area contributed by atoms with Gasteiger partial charge in [0.1, 0.15) is 6.04 Å². The maximum absolute atomic E-state index is 13.3. The van der Waals surface area contributed by atoms with Gasteiger partial charge < -0.3 is 10.2 Å². The molecule has 0 aromatic heterocycles. The Kier molecular flexibility index (Phi) is 10.5. The quantitative estimate of drug-likeness (QED) is 0.418. The van der Waals surface area contributed by atoms with Crippen LogP contribution in [0.1, 0.15) is 57.4 Å². The minimum atomic E-state index is -3.62. The van der Waals surface area contributed by atoms with Crippen molar-refractivity contribution in [2.75, 3.05) is 13.6 Å². The SMILES string of the molecule is C[C@H](C(=O)NC1CCCCC1)N(Cc1ccc(Br)cc1)C(=O)CCCN(C)S(=O)(=O)c1ccccc1. The molecule has 196 valence electrons. The largest absolute Gasteiger partial charge is 0.352 e. The topological polar surface area (TPSA) is 86.8 Å². The molecule has 0 aliphatic heterocycles. The van der Waals surface area contributed by atoms with E-state index in [0.717, 1.165) is 35.7 Å². The predicted octanol–water partition coefficient (Wildman–Crippen LogP) is 4.72. The number of halogens is 1. The standard InChI is InChI=1S/C27H36BrN3O4S/c1-21(27(33)29-24-10-5-3-6-11-24)31(20-22-15-17-23(28)18-16-22)26(32)14-9-19-30(2)36(34,35)25-12-7-4-8-13-25/h4,7-8,12-13,15-18,21,24H,3,5-6,9-11,14,19-20H2,1-2H3,(H,29,33)/t21-/m1/s1. The number of nitrogens with zero attached hydrogens (tertiary/aromatic N) is 2. The van der Waals surface area contributed by atoms with E-state index >= 15 is 0 Å². The van der Waals surface area contributed by atoms with Crippen LogP contribution in [0.2, 0.25) is 0 Å². The Morgan fingerprint density at radius 1 is 1.03 bits per heavy atom. The van der Waals surface area contributed by atoms with Crippen molar-refractivity contribution in [3.05, 3.63) is 64.6 Å². The van der Waals surface area contributed by atoms with Crippen molar-refractivity contribution < 1.29 is 18.0 Å². The second kappa shape index (κ2) is 13.4. The third-order valence-corrected chi connectivity index (χ3v) is 9.10. The van der Waals surface area contributed by atoms with Crippen molar-refractivity contribution in [1.29, 1.82) is 0 Å². The Morgan fingerprint density at radius 3 is 2.31 bits per heavy atom. The molecule has 2 aromatic rings. The zero-order valence-corrected chi connectivity index (χ0v) is 23.4. The lowest BCUT2D eigenvalue weighted by Gasteiger charge is -2.31. The van der Waals surface area contributed by atoms with Gasteiger partial charge in [-0.05, 0) is 56.0 Å². The van der Waals surface area contributed by atoms with E-state index in [1.165, 1.54) is 17.8 Å². The number of amides is 2. The van der Waals surface area contributed by atoms with E-state index in [-0.39, 0.29) is 35.7 Å². The molecule has 3 rings (SSSR count). The number of benzene rings is 2. The molecule has 1 fully saturated rings. The first-order valence-electron chi connectivity index (χ1n) is 12.5. The fourth-order valence-corrected chi connectivity index (χ4v) is 5.92. The molecule has 2 aromatic carbocycles. The number of nitrogens with one attached hydrogen (secondary N) is 1. The molecule has 0 bridgehead atoms. The van der Waals surface area contributed by atoms with Gasteiger partial charge in [0.2, 0.25) is 21.8 Å². The number of sulfonamides is 1. The summed E-state index contributed by atoms with van der Waals surface area (Å²) in [5.74, 6) is -0.314. The number of rotatable bonds is 11. The van der Waals surface area contributed by atoms with Crippen LogP contribution in [0.5, 0.6) is 0 Å². The highest BCUT2D eigenvalue weighted by molar-refractivity contribution is 9.10. The molecule has 1 aliphatic rings. The maximum Gasteiger partial charge on any atom is 0.242 e. The van der Waals surface area contributed by atoms with E-state index in [0.29, 0.717) is 13.0 Å². The van der Waals surface area contributed by atoms with Gasteiger partial charge in [-0.1, -0.05) is 65.5 Å². The molecular weight excluding hydrogens is 542 g/mol. The van der Waals surface area contributed by atoms with Gasteiger partial charge in [0.05, 0.1) is 4.90 Å². The summed E-state index contributed by atoms with van der Waals surface area (Å²) in [6.07, 6.45) is 5.87. The van der Waals surface area contributed by atoms with Crippen molar-refractivity contribution >= 4 is 37.8 Å². The molecule has 1 N–H and O–H groups in total. The summed E-state index contributed by atoms with van der Waals surface area (Å²) in [7, 11) is -2.10. The number of carbonyl (C=O) groups is 2.